The van der Waals surface area contributed by atoms with E-state index in [1.165, 1.54) is 7.11 Å². The Morgan fingerprint density at radius 2 is 2.20 bits per heavy atom. The molecule has 0 fully saturated rings. The van der Waals surface area contributed by atoms with E-state index >= 15 is 0 Å². The first-order chi connectivity index (χ1) is 12.2. The molecular formula is C18H24N4O3. The first-order valence-electron chi connectivity index (χ1n) is 8.32. The Hall–Kier alpha value is -2.38. The van der Waals surface area contributed by atoms with Crippen LogP contribution in [0.5, 0.6) is 5.75 Å². The van der Waals surface area contributed by atoms with E-state index in [0.717, 1.165) is 36.6 Å². The maximum absolute atomic E-state index is 11.7. The van der Waals surface area contributed by atoms with Crippen molar-refractivity contribution in [1.29, 1.82) is 0 Å². The number of carbonyl (C=O) groups excluding carboxylic acids is 1. The van der Waals surface area contributed by atoms with Crippen molar-refractivity contribution >= 4 is 5.91 Å². The zero-order chi connectivity index (χ0) is 17.6. The normalized spacial score (nSPS) is 17.1. The Balaban J connectivity index is 1.70. The zero-order valence-corrected chi connectivity index (χ0v) is 14.6. The van der Waals surface area contributed by atoms with Gasteiger partial charge in [-0.3, -0.25) is 9.69 Å². The second-order valence-corrected chi connectivity index (χ2v) is 6.16. The van der Waals surface area contributed by atoms with Crippen LogP contribution in [0.1, 0.15) is 17.3 Å². The van der Waals surface area contributed by atoms with Crippen LogP contribution >= 0.6 is 0 Å². The third-order valence-electron chi connectivity index (χ3n) is 4.39. The first kappa shape index (κ1) is 17.4. The van der Waals surface area contributed by atoms with Gasteiger partial charge in [0, 0.05) is 45.0 Å². The summed E-state index contributed by atoms with van der Waals surface area (Å²) in [7, 11) is 3.21. The number of aromatic nitrogens is 2. The fourth-order valence-electron chi connectivity index (χ4n) is 3.23. The standard InChI is InChI=1S/C18H24N4O3/c1-24-12-18(23)20-8-16-11-21(10-15-7-19-13-22(15)16)9-14-5-3-4-6-17(14)25-2/h3-7,13,16H,8-12H2,1-2H3,(H,20,23). The van der Waals surface area contributed by atoms with Gasteiger partial charge in [0.2, 0.25) is 5.91 Å². The maximum Gasteiger partial charge on any atom is 0.246 e. The Morgan fingerprint density at radius 3 is 3.00 bits per heavy atom. The molecule has 1 amide bonds. The van der Waals surface area contributed by atoms with Crippen molar-refractivity contribution in [2.75, 3.05) is 33.9 Å². The second kappa shape index (κ2) is 8.13. The fourth-order valence-corrected chi connectivity index (χ4v) is 3.23. The lowest BCUT2D eigenvalue weighted by atomic mass is 10.1. The maximum atomic E-state index is 11.7. The van der Waals surface area contributed by atoms with Gasteiger partial charge in [0.25, 0.3) is 0 Å². The van der Waals surface area contributed by atoms with Crippen LogP contribution in [0.2, 0.25) is 0 Å². The van der Waals surface area contributed by atoms with Crippen molar-refractivity contribution in [1.82, 2.24) is 19.8 Å². The van der Waals surface area contributed by atoms with Crippen molar-refractivity contribution in [2.24, 2.45) is 0 Å². The van der Waals surface area contributed by atoms with E-state index in [4.69, 9.17) is 9.47 Å². The number of benzene rings is 1. The number of carbonyl (C=O) groups is 1. The SMILES string of the molecule is COCC(=O)NCC1CN(Cc2ccccc2OC)Cc2cncn21. The smallest absolute Gasteiger partial charge is 0.246 e. The summed E-state index contributed by atoms with van der Waals surface area (Å²) in [5, 5.41) is 2.93. The van der Waals surface area contributed by atoms with E-state index in [0.29, 0.717) is 6.54 Å². The highest BCUT2D eigenvalue weighted by atomic mass is 16.5. The van der Waals surface area contributed by atoms with Crippen LogP contribution in [0.3, 0.4) is 0 Å². The van der Waals surface area contributed by atoms with E-state index in [1.54, 1.807) is 7.11 Å². The van der Waals surface area contributed by atoms with Crippen LogP contribution in [-0.4, -0.2) is 54.3 Å². The minimum absolute atomic E-state index is 0.0778. The van der Waals surface area contributed by atoms with E-state index in [2.05, 4.69) is 25.8 Å². The Labute approximate surface area is 147 Å². The Morgan fingerprint density at radius 1 is 1.36 bits per heavy atom. The first-order valence-corrected chi connectivity index (χ1v) is 8.32. The molecule has 1 N–H and O–H groups in total. The van der Waals surface area contributed by atoms with Crippen LogP contribution in [0.25, 0.3) is 0 Å². The number of nitrogens with zero attached hydrogens (tertiary/aromatic N) is 3. The van der Waals surface area contributed by atoms with Gasteiger partial charge in [-0.25, -0.2) is 4.98 Å². The number of imidazole rings is 1. The number of para-hydroxylation sites is 1. The van der Waals surface area contributed by atoms with Gasteiger partial charge in [-0.05, 0) is 6.07 Å². The minimum Gasteiger partial charge on any atom is -0.496 e. The summed E-state index contributed by atoms with van der Waals surface area (Å²) >= 11 is 0. The molecule has 1 aliphatic rings. The summed E-state index contributed by atoms with van der Waals surface area (Å²) in [6, 6.07) is 8.20. The molecule has 0 bridgehead atoms. The topological polar surface area (TPSA) is 68.6 Å². The number of hydrogen-bond donors (Lipinski definition) is 1. The molecule has 1 aromatic heterocycles. The Bertz CT molecular complexity index is 716. The fraction of sp³-hybridized carbons (Fsp3) is 0.444. The molecule has 1 unspecified atom stereocenters. The molecule has 2 aromatic rings. The third-order valence-corrected chi connectivity index (χ3v) is 4.39. The van der Waals surface area contributed by atoms with Crippen molar-refractivity contribution in [3.63, 3.8) is 0 Å². The number of ether oxygens (including phenoxy) is 2. The predicted molar refractivity (Wildman–Crippen MR) is 93.3 cm³/mol. The molecule has 3 rings (SSSR count). The molecule has 0 aliphatic carbocycles. The van der Waals surface area contributed by atoms with Gasteiger partial charge in [-0.15, -0.1) is 0 Å². The summed E-state index contributed by atoms with van der Waals surface area (Å²) in [5.41, 5.74) is 2.30. The average molecular weight is 344 g/mol. The minimum atomic E-state index is -0.106. The van der Waals surface area contributed by atoms with Gasteiger partial charge in [0.15, 0.2) is 0 Å². The van der Waals surface area contributed by atoms with Gasteiger partial charge in [-0.1, -0.05) is 18.2 Å². The number of fused-ring (bicyclic) bond motifs is 1. The van der Waals surface area contributed by atoms with Gasteiger partial charge >= 0.3 is 0 Å². The van der Waals surface area contributed by atoms with Crippen molar-refractivity contribution < 1.29 is 14.3 Å². The van der Waals surface area contributed by atoms with Crippen molar-refractivity contribution in [2.45, 2.75) is 19.1 Å². The molecule has 0 radical (unpaired) electrons. The number of hydrogen-bond acceptors (Lipinski definition) is 5. The van der Waals surface area contributed by atoms with Crippen LogP contribution in [0.15, 0.2) is 36.8 Å². The molecule has 1 aromatic carbocycles. The quantitative estimate of drug-likeness (QED) is 0.818. The molecule has 25 heavy (non-hydrogen) atoms. The van der Waals surface area contributed by atoms with Gasteiger partial charge in [-0.2, -0.15) is 0 Å². The summed E-state index contributed by atoms with van der Waals surface area (Å²) in [6.07, 6.45) is 3.72. The van der Waals surface area contributed by atoms with Crippen LogP contribution < -0.4 is 10.1 Å². The highest BCUT2D eigenvalue weighted by Crippen LogP contribution is 2.25. The average Bonchev–Trinajstić information content (AvgIpc) is 3.09. The molecule has 0 saturated heterocycles. The van der Waals surface area contributed by atoms with Crippen LogP contribution in [0, 0.1) is 0 Å². The molecule has 7 nitrogen and oxygen atoms in total. The number of amides is 1. The Kier molecular flexibility index (Phi) is 5.67. The highest BCUT2D eigenvalue weighted by molar-refractivity contribution is 5.77. The molecule has 134 valence electrons. The van der Waals surface area contributed by atoms with Gasteiger partial charge < -0.3 is 19.4 Å². The molecule has 0 spiro atoms. The summed E-state index contributed by atoms with van der Waals surface area (Å²) in [4.78, 5) is 18.3. The zero-order valence-electron chi connectivity index (χ0n) is 14.6. The van der Waals surface area contributed by atoms with Crippen LogP contribution in [0.4, 0.5) is 0 Å². The number of methoxy groups -OCH3 is 2. The van der Waals surface area contributed by atoms with Crippen LogP contribution in [-0.2, 0) is 22.6 Å². The van der Waals surface area contributed by atoms with E-state index < -0.39 is 0 Å². The second-order valence-electron chi connectivity index (χ2n) is 6.16. The van der Waals surface area contributed by atoms with Gasteiger partial charge in [0.1, 0.15) is 12.4 Å². The number of nitrogens with one attached hydrogen (secondary N) is 1. The molecule has 1 atom stereocenters. The molecule has 0 saturated carbocycles. The van der Waals surface area contributed by atoms with Gasteiger partial charge in [0.05, 0.1) is 25.2 Å². The largest absolute Gasteiger partial charge is 0.496 e. The number of rotatable bonds is 7. The summed E-state index contributed by atoms with van der Waals surface area (Å²) < 4.78 is 12.5. The third kappa shape index (κ3) is 4.18. The molecule has 1 aliphatic heterocycles. The lowest BCUT2D eigenvalue weighted by Gasteiger charge is -2.34. The summed E-state index contributed by atoms with van der Waals surface area (Å²) in [5.74, 6) is 0.789. The molecular weight excluding hydrogens is 320 g/mol. The van der Waals surface area contributed by atoms with Crippen molar-refractivity contribution in [3.05, 3.63) is 48.0 Å². The van der Waals surface area contributed by atoms with E-state index in [-0.39, 0.29) is 18.6 Å². The highest BCUT2D eigenvalue weighted by Gasteiger charge is 2.25. The monoisotopic (exact) mass is 344 g/mol. The molecule has 2 heterocycles. The lowest BCUT2D eigenvalue weighted by molar-refractivity contribution is -0.124. The van der Waals surface area contributed by atoms with Crippen molar-refractivity contribution in [3.8, 4) is 5.75 Å². The summed E-state index contributed by atoms with van der Waals surface area (Å²) in [6.45, 7) is 3.06. The lowest BCUT2D eigenvalue weighted by Crippen LogP contribution is -2.42. The molecule has 7 heteroatoms. The van der Waals surface area contributed by atoms with E-state index in [1.807, 2.05) is 30.7 Å². The predicted octanol–water partition coefficient (Wildman–Crippen LogP) is 1.21. The van der Waals surface area contributed by atoms with E-state index in [9.17, 15) is 4.79 Å².